The van der Waals surface area contributed by atoms with Gasteiger partial charge in [-0.25, -0.2) is 4.39 Å². The molecule has 1 aliphatic heterocycles. The number of likely N-dealkylation sites (tertiary alicyclic amines) is 1. The molecule has 1 fully saturated rings. The van der Waals surface area contributed by atoms with E-state index in [1.807, 2.05) is 37.3 Å². The molecule has 31 heavy (non-hydrogen) atoms. The highest BCUT2D eigenvalue weighted by Gasteiger charge is 2.35. The first-order valence-corrected chi connectivity index (χ1v) is 9.95. The maximum atomic E-state index is 14.9. The number of carbonyl (C=O) groups is 1. The number of nitrogens with zero attached hydrogens (tertiary/aromatic N) is 4. The van der Waals surface area contributed by atoms with Crippen LogP contribution in [0.5, 0.6) is 0 Å². The zero-order chi connectivity index (χ0) is 22.0. The summed E-state index contributed by atoms with van der Waals surface area (Å²) in [5.74, 6) is -1.79. The quantitative estimate of drug-likeness (QED) is 0.559. The summed E-state index contributed by atoms with van der Waals surface area (Å²) in [6.07, 6.45) is -2.90. The number of amides is 1. The molecule has 2 heterocycles. The number of anilines is 1. The van der Waals surface area contributed by atoms with Crippen LogP contribution in [0.15, 0.2) is 52.9 Å². The maximum Gasteiger partial charge on any atom is 0.314 e. The minimum Gasteiger partial charge on any atom is -0.415 e. The van der Waals surface area contributed by atoms with Crippen LogP contribution in [0.25, 0.3) is 11.5 Å². The van der Waals surface area contributed by atoms with Gasteiger partial charge >= 0.3 is 6.43 Å². The van der Waals surface area contributed by atoms with Gasteiger partial charge in [0.2, 0.25) is 11.8 Å². The molecule has 0 spiro atoms. The van der Waals surface area contributed by atoms with Crippen molar-refractivity contribution in [2.24, 2.45) is 5.92 Å². The van der Waals surface area contributed by atoms with E-state index in [2.05, 4.69) is 15.1 Å². The highest BCUT2D eigenvalue weighted by molar-refractivity contribution is 5.95. The van der Waals surface area contributed by atoms with E-state index in [1.165, 1.54) is 12.1 Å². The summed E-state index contributed by atoms with van der Waals surface area (Å²) in [5.41, 5.74) is 1.17. The van der Waals surface area contributed by atoms with E-state index in [0.717, 1.165) is 12.6 Å². The second-order valence-electron chi connectivity index (χ2n) is 7.36. The van der Waals surface area contributed by atoms with E-state index in [-0.39, 0.29) is 29.8 Å². The fourth-order valence-corrected chi connectivity index (χ4v) is 3.53. The van der Waals surface area contributed by atoms with Gasteiger partial charge in [-0.2, -0.15) is 8.78 Å². The molecule has 0 atom stereocenters. The Morgan fingerprint density at radius 1 is 1.19 bits per heavy atom. The molecule has 0 unspecified atom stereocenters. The molecule has 9 heteroatoms. The Bertz CT molecular complexity index is 1050. The van der Waals surface area contributed by atoms with Crippen LogP contribution in [0.1, 0.15) is 24.8 Å². The van der Waals surface area contributed by atoms with Gasteiger partial charge in [0.05, 0.1) is 12.5 Å². The molecule has 0 radical (unpaired) electrons. The first-order valence-electron chi connectivity index (χ1n) is 9.95. The Kier molecular flexibility index (Phi) is 6.03. The Balaban J connectivity index is 1.57. The molecule has 0 saturated carbocycles. The molecule has 1 saturated heterocycles. The van der Waals surface area contributed by atoms with Crippen LogP contribution in [0.4, 0.5) is 18.9 Å². The summed E-state index contributed by atoms with van der Waals surface area (Å²) in [6, 6.07) is 13.3. The number of alkyl halides is 2. The summed E-state index contributed by atoms with van der Waals surface area (Å²) >= 11 is 0. The number of benzene rings is 2. The minimum atomic E-state index is -2.90. The lowest BCUT2D eigenvalue weighted by molar-refractivity contribution is -0.127. The number of carbonyl (C=O) groups excluding carboxylic acids is 1. The molecule has 2 aromatic carbocycles. The third-order valence-corrected chi connectivity index (χ3v) is 5.34. The molecule has 1 amide bonds. The van der Waals surface area contributed by atoms with Crippen molar-refractivity contribution in [3.63, 3.8) is 0 Å². The average molecular weight is 430 g/mol. The molecule has 0 bridgehead atoms. The topological polar surface area (TPSA) is 62.5 Å². The third-order valence-electron chi connectivity index (χ3n) is 5.34. The molecule has 4 rings (SSSR count). The van der Waals surface area contributed by atoms with Crippen molar-refractivity contribution in [2.75, 3.05) is 24.5 Å². The lowest BCUT2D eigenvalue weighted by atomic mass is 9.97. The minimum absolute atomic E-state index is 0.0453. The van der Waals surface area contributed by atoms with Gasteiger partial charge in [-0.05, 0) is 30.8 Å². The Morgan fingerprint density at radius 2 is 1.94 bits per heavy atom. The van der Waals surface area contributed by atoms with Crippen molar-refractivity contribution in [1.82, 2.24) is 15.1 Å². The van der Waals surface area contributed by atoms with Crippen LogP contribution < -0.4 is 4.90 Å². The van der Waals surface area contributed by atoms with E-state index in [1.54, 1.807) is 4.90 Å². The number of hydrogen-bond acceptors (Lipinski definition) is 5. The van der Waals surface area contributed by atoms with Crippen molar-refractivity contribution in [1.29, 1.82) is 0 Å². The maximum absolute atomic E-state index is 14.9. The number of para-hydroxylation sites is 1. The van der Waals surface area contributed by atoms with E-state index >= 15 is 0 Å². The third kappa shape index (κ3) is 4.46. The molecule has 162 valence electrons. The van der Waals surface area contributed by atoms with Gasteiger partial charge in [-0.3, -0.25) is 4.79 Å². The zero-order valence-corrected chi connectivity index (χ0v) is 16.8. The zero-order valence-electron chi connectivity index (χ0n) is 16.8. The van der Waals surface area contributed by atoms with Crippen LogP contribution >= 0.6 is 0 Å². The standard InChI is InChI=1S/C22H21F3N4O2/c1-2-28-11-16(12-28)22(30)29(17-6-4-3-5-7-17)13-15-9-8-14(10-18(15)23)20-26-27-21(31-20)19(24)25/h3-10,16,19H,2,11-13H2,1H3. The van der Waals surface area contributed by atoms with Crippen molar-refractivity contribution < 1.29 is 22.4 Å². The molecule has 0 N–H and O–H groups in total. The fraction of sp³-hybridized carbons (Fsp3) is 0.318. The molecular formula is C22H21F3N4O2. The Morgan fingerprint density at radius 3 is 2.55 bits per heavy atom. The van der Waals surface area contributed by atoms with E-state index in [4.69, 9.17) is 4.42 Å². The van der Waals surface area contributed by atoms with Gasteiger partial charge in [-0.1, -0.05) is 31.2 Å². The van der Waals surface area contributed by atoms with E-state index in [0.29, 0.717) is 24.3 Å². The SMILES string of the molecule is CCN1CC(C(=O)N(Cc2ccc(-c3nnc(C(F)F)o3)cc2F)c2ccccc2)C1. The second-order valence-corrected chi connectivity index (χ2v) is 7.36. The summed E-state index contributed by atoms with van der Waals surface area (Å²) in [5, 5.41) is 6.80. The van der Waals surface area contributed by atoms with Crippen LogP contribution in [-0.4, -0.2) is 40.6 Å². The van der Waals surface area contributed by atoms with Crippen molar-refractivity contribution in [2.45, 2.75) is 19.9 Å². The van der Waals surface area contributed by atoms with Crippen molar-refractivity contribution in [3.05, 3.63) is 65.8 Å². The highest BCUT2D eigenvalue weighted by Crippen LogP contribution is 2.28. The summed E-state index contributed by atoms with van der Waals surface area (Å²) in [4.78, 5) is 16.9. The molecule has 6 nitrogen and oxygen atoms in total. The number of halogens is 3. The smallest absolute Gasteiger partial charge is 0.314 e. The lowest BCUT2D eigenvalue weighted by Gasteiger charge is -2.40. The first kappa shape index (κ1) is 21.0. The Labute approximate surface area is 177 Å². The first-order chi connectivity index (χ1) is 15.0. The number of rotatable bonds is 7. The van der Waals surface area contributed by atoms with Crippen LogP contribution in [-0.2, 0) is 11.3 Å². The molecule has 1 aliphatic rings. The normalized spacial score (nSPS) is 14.6. The van der Waals surface area contributed by atoms with Crippen LogP contribution in [0.3, 0.4) is 0 Å². The van der Waals surface area contributed by atoms with Gasteiger partial charge in [-0.15, -0.1) is 10.2 Å². The van der Waals surface area contributed by atoms with Gasteiger partial charge in [0.1, 0.15) is 5.82 Å². The van der Waals surface area contributed by atoms with E-state index in [9.17, 15) is 18.0 Å². The van der Waals surface area contributed by atoms with E-state index < -0.39 is 18.1 Å². The van der Waals surface area contributed by atoms with Gasteiger partial charge in [0.25, 0.3) is 5.89 Å². The molecule has 1 aromatic heterocycles. The summed E-state index contributed by atoms with van der Waals surface area (Å²) < 4.78 is 45.1. The summed E-state index contributed by atoms with van der Waals surface area (Å²) in [6.45, 7) is 4.34. The van der Waals surface area contributed by atoms with Crippen LogP contribution in [0, 0.1) is 11.7 Å². The monoisotopic (exact) mass is 430 g/mol. The van der Waals surface area contributed by atoms with Gasteiger partial charge < -0.3 is 14.2 Å². The van der Waals surface area contributed by atoms with Crippen LogP contribution in [0.2, 0.25) is 0 Å². The molecular weight excluding hydrogens is 409 g/mol. The fourth-order valence-electron chi connectivity index (χ4n) is 3.53. The predicted molar refractivity (Wildman–Crippen MR) is 108 cm³/mol. The van der Waals surface area contributed by atoms with Crippen molar-refractivity contribution in [3.8, 4) is 11.5 Å². The summed E-state index contributed by atoms with van der Waals surface area (Å²) in [7, 11) is 0. The number of aromatic nitrogens is 2. The number of hydrogen-bond donors (Lipinski definition) is 0. The second kappa shape index (κ2) is 8.89. The Hall–Kier alpha value is -3.20. The largest absolute Gasteiger partial charge is 0.415 e. The van der Waals surface area contributed by atoms with Gasteiger partial charge in [0.15, 0.2) is 0 Å². The highest BCUT2D eigenvalue weighted by atomic mass is 19.3. The molecule has 3 aromatic rings. The molecule has 0 aliphatic carbocycles. The van der Waals surface area contributed by atoms with Gasteiger partial charge in [0, 0.05) is 29.9 Å². The average Bonchev–Trinajstić information content (AvgIpc) is 3.23. The predicted octanol–water partition coefficient (Wildman–Crippen LogP) is 4.30. The van der Waals surface area contributed by atoms with Crippen molar-refractivity contribution >= 4 is 11.6 Å². The lowest BCUT2D eigenvalue weighted by Crippen LogP contribution is -2.54.